The molecule has 2 atom stereocenters. The number of hydrogen-bond acceptors (Lipinski definition) is 3. The van der Waals surface area contributed by atoms with Crippen molar-refractivity contribution in [2.75, 3.05) is 6.61 Å². The Balaban J connectivity index is 1.77. The second kappa shape index (κ2) is 5.45. The topological polar surface area (TPSA) is 42.4 Å². The van der Waals surface area contributed by atoms with Crippen LogP contribution in [0.25, 0.3) is 0 Å². The molecule has 0 bridgehead atoms. The summed E-state index contributed by atoms with van der Waals surface area (Å²) in [6.45, 7) is 4.87. The number of nitrogens with zero attached hydrogens (tertiary/aromatic N) is 1. The minimum atomic E-state index is -0.447. The van der Waals surface area contributed by atoms with E-state index in [4.69, 9.17) is 4.74 Å². The van der Waals surface area contributed by atoms with E-state index in [9.17, 15) is 5.11 Å². The third-order valence-corrected chi connectivity index (χ3v) is 5.03. The SMILES string of the molecule is Cc1cnc(C(O)C2CCOC3(CCCC3)C2)c(C)c1. The minimum absolute atomic E-state index is 0.0580. The lowest BCUT2D eigenvalue weighted by Crippen LogP contribution is -2.39. The number of hydrogen-bond donors (Lipinski definition) is 1. The Morgan fingerprint density at radius 1 is 1.35 bits per heavy atom. The van der Waals surface area contributed by atoms with Crippen molar-refractivity contribution in [2.45, 2.75) is 64.1 Å². The van der Waals surface area contributed by atoms with Gasteiger partial charge in [-0.15, -0.1) is 0 Å². The van der Waals surface area contributed by atoms with Crippen molar-refractivity contribution in [3.63, 3.8) is 0 Å². The fourth-order valence-corrected chi connectivity index (χ4v) is 3.96. The van der Waals surface area contributed by atoms with Gasteiger partial charge in [0.2, 0.25) is 0 Å². The van der Waals surface area contributed by atoms with E-state index in [0.29, 0.717) is 0 Å². The number of aryl methyl sites for hydroxylation is 2. The third-order valence-electron chi connectivity index (χ3n) is 5.03. The Morgan fingerprint density at radius 2 is 2.10 bits per heavy atom. The average Bonchev–Trinajstić information content (AvgIpc) is 2.86. The molecule has 20 heavy (non-hydrogen) atoms. The van der Waals surface area contributed by atoms with Crippen molar-refractivity contribution in [2.24, 2.45) is 5.92 Å². The predicted molar refractivity (Wildman–Crippen MR) is 78.5 cm³/mol. The fraction of sp³-hybridized carbons (Fsp3) is 0.706. The second-order valence-electron chi connectivity index (χ2n) is 6.65. The van der Waals surface area contributed by atoms with Gasteiger partial charge < -0.3 is 9.84 Å². The van der Waals surface area contributed by atoms with Gasteiger partial charge in [0.05, 0.1) is 17.4 Å². The maximum atomic E-state index is 10.7. The highest BCUT2D eigenvalue weighted by molar-refractivity contribution is 5.25. The van der Waals surface area contributed by atoms with Crippen molar-refractivity contribution >= 4 is 0 Å². The Morgan fingerprint density at radius 3 is 2.80 bits per heavy atom. The summed E-state index contributed by atoms with van der Waals surface area (Å²) in [6.07, 6.45) is 8.21. The van der Waals surface area contributed by atoms with Crippen molar-refractivity contribution in [3.8, 4) is 0 Å². The first-order valence-corrected chi connectivity index (χ1v) is 7.85. The van der Waals surface area contributed by atoms with Gasteiger partial charge in [0, 0.05) is 12.8 Å². The smallest absolute Gasteiger partial charge is 0.0992 e. The van der Waals surface area contributed by atoms with Crippen molar-refractivity contribution in [1.82, 2.24) is 4.98 Å². The Labute approximate surface area is 121 Å². The summed E-state index contributed by atoms with van der Waals surface area (Å²) in [5.41, 5.74) is 3.17. The lowest BCUT2D eigenvalue weighted by molar-refractivity contribution is -0.113. The summed E-state index contributed by atoms with van der Waals surface area (Å²) < 4.78 is 6.06. The van der Waals surface area contributed by atoms with Crippen LogP contribution in [0, 0.1) is 19.8 Å². The van der Waals surface area contributed by atoms with Crippen LogP contribution in [0.1, 0.15) is 61.4 Å². The molecule has 1 saturated carbocycles. The molecule has 1 aliphatic carbocycles. The van der Waals surface area contributed by atoms with E-state index in [0.717, 1.165) is 49.1 Å². The van der Waals surface area contributed by atoms with Crippen molar-refractivity contribution in [3.05, 3.63) is 29.1 Å². The van der Waals surface area contributed by atoms with Crippen LogP contribution in [0.15, 0.2) is 12.3 Å². The van der Waals surface area contributed by atoms with E-state index >= 15 is 0 Å². The number of aliphatic hydroxyl groups excluding tert-OH is 1. The zero-order chi connectivity index (χ0) is 14.2. The Hall–Kier alpha value is -0.930. The number of ether oxygens (including phenoxy) is 1. The molecular formula is C17H25NO2. The molecule has 0 aromatic carbocycles. The molecule has 2 heterocycles. The largest absolute Gasteiger partial charge is 0.387 e. The predicted octanol–water partition coefficient (Wildman–Crippen LogP) is 3.47. The molecular weight excluding hydrogens is 250 g/mol. The lowest BCUT2D eigenvalue weighted by Gasteiger charge is -2.40. The minimum Gasteiger partial charge on any atom is -0.387 e. The summed E-state index contributed by atoms with van der Waals surface area (Å²) in [5, 5.41) is 10.7. The van der Waals surface area contributed by atoms with Gasteiger partial charge in [0.15, 0.2) is 0 Å². The molecule has 1 spiro atoms. The van der Waals surface area contributed by atoms with Gasteiger partial charge in [-0.3, -0.25) is 4.98 Å². The molecule has 3 heteroatoms. The van der Waals surface area contributed by atoms with Crippen LogP contribution in [-0.2, 0) is 4.74 Å². The molecule has 3 nitrogen and oxygen atoms in total. The molecule has 2 unspecified atom stereocenters. The van der Waals surface area contributed by atoms with Gasteiger partial charge >= 0.3 is 0 Å². The van der Waals surface area contributed by atoms with Crippen molar-refractivity contribution in [1.29, 1.82) is 0 Å². The molecule has 0 amide bonds. The van der Waals surface area contributed by atoms with Crippen LogP contribution >= 0.6 is 0 Å². The molecule has 1 saturated heterocycles. The van der Waals surface area contributed by atoms with E-state index in [1.807, 2.05) is 20.0 Å². The van der Waals surface area contributed by atoms with Crippen LogP contribution in [0.2, 0.25) is 0 Å². The first-order valence-electron chi connectivity index (χ1n) is 7.85. The monoisotopic (exact) mass is 275 g/mol. The summed E-state index contributed by atoms with van der Waals surface area (Å²) in [7, 11) is 0. The fourth-order valence-electron chi connectivity index (χ4n) is 3.96. The zero-order valence-electron chi connectivity index (χ0n) is 12.6. The van der Waals surface area contributed by atoms with Crippen LogP contribution < -0.4 is 0 Å². The summed E-state index contributed by atoms with van der Waals surface area (Å²) >= 11 is 0. The molecule has 110 valence electrons. The molecule has 1 aromatic heterocycles. The Kier molecular flexibility index (Phi) is 3.83. The lowest BCUT2D eigenvalue weighted by atomic mass is 9.80. The van der Waals surface area contributed by atoms with E-state index in [1.54, 1.807) is 0 Å². The van der Waals surface area contributed by atoms with Crippen LogP contribution in [-0.4, -0.2) is 22.3 Å². The molecule has 1 aromatic rings. The standard InChI is InChI=1S/C17H25NO2/c1-12-9-13(2)15(18-11-12)16(19)14-5-8-20-17(10-14)6-3-4-7-17/h9,11,14,16,19H,3-8,10H2,1-2H3. The van der Waals surface area contributed by atoms with Gasteiger partial charge in [-0.25, -0.2) is 0 Å². The molecule has 3 rings (SSSR count). The van der Waals surface area contributed by atoms with E-state index < -0.39 is 6.10 Å². The molecule has 2 aliphatic rings. The van der Waals surface area contributed by atoms with Crippen LogP contribution in [0.4, 0.5) is 0 Å². The first kappa shape index (κ1) is 14.0. The normalized spacial score (nSPS) is 26.9. The van der Waals surface area contributed by atoms with Crippen LogP contribution in [0.3, 0.4) is 0 Å². The molecule has 1 N–H and O–H groups in total. The highest BCUT2D eigenvalue weighted by Gasteiger charge is 2.42. The number of pyridine rings is 1. The summed E-state index contributed by atoms with van der Waals surface area (Å²) in [4.78, 5) is 4.48. The maximum Gasteiger partial charge on any atom is 0.0992 e. The van der Waals surface area contributed by atoms with Gasteiger partial charge in [-0.2, -0.15) is 0 Å². The quantitative estimate of drug-likeness (QED) is 0.898. The van der Waals surface area contributed by atoms with E-state index in [-0.39, 0.29) is 11.5 Å². The highest BCUT2D eigenvalue weighted by Crippen LogP contribution is 2.45. The summed E-state index contributed by atoms with van der Waals surface area (Å²) in [6, 6.07) is 2.11. The van der Waals surface area contributed by atoms with E-state index in [1.165, 1.54) is 12.8 Å². The number of aliphatic hydroxyl groups is 1. The average molecular weight is 275 g/mol. The van der Waals surface area contributed by atoms with Crippen molar-refractivity contribution < 1.29 is 9.84 Å². The maximum absolute atomic E-state index is 10.7. The highest BCUT2D eigenvalue weighted by atomic mass is 16.5. The zero-order valence-corrected chi connectivity index (χ0v) is 12.6. The third kappa shape index (κ3) is 2.61. The second-order valence-corrected chi connectivity index (χ2v) is 6.65. The number of aromatic nitrogens is 1. The van der Waals surface area contributed by atoms with Crippen LogP contribution in [0.5, 0.6) is 0 Å². The van der Waals surface area contributed by atoms with Gasteiger partial charge in [0.25, 0.3) is 0 Å². The van der Waals surface area contributed by atoms with Gasteiger partial charge in [0.1, 0.15) is 0 Å². The first-order chi connectivity index (χ1) is 9.60. The van der Waals surface area contributed by atoms with Gasteiger partial charge in [-0.05, 0) is 56.6 Å². The molecule has 1 aliphatic heterocycles. The van der Waals surface area contributed by atoms with Gasteiger partial charge in [-0.1, -0.05) is 18.9 Å². The van der Waals surface area contributed by atoms with E-state index in [2.05, 4.69) is 11.1 Å². The summed E-state index contributed by atoms with van der Waals surface area (Å²) in [5.74, 6) is 0.288. The molecule has 0 radical (unpaired) electrons. The molecule has 2 fully saturated rings. The number of rotatable bonds is 2. The Bertz CT molecular complexity index is 480.